The standard InChI is InChI=1S/C14H18FNO4/c1-14(2,3)16(8-12(17)18)13(19)10-6-5-9(20-4)7-11(10)15/h5-7H,8H2,1-4H3,(H,17,18). The summed E-state index contributed by atoms with van der Waals surface area (Å²) in [6, 6.07) is 3.84. The Kier molecular flexibility index (Phi) is 4.70. The summed E-state index contributed by atoms with van der Waals surface area (Å²) in [6.45, 7) is 4.58. The average Bonchev–Trinajstić information content (AvgIpc) is 2.33. The summed E-state index contributed by atoms with van der Waals surface area (Å²) >= 11 is 0. The molecule has 1 aromatic rings. The Labute approximate surface area is 117 Å². The lowest BCUT2D eigenvalue weighted by molar-refractivity contribution is -0.138. The van der Waals surface area contributed by atoms with E-state index in [0.717, 1.165) is 11.0 Å². The summed E-state index contributed by atoms with van der Waals surface area (Å²) < 4.78 is 18.8. The molecule has 20 heavy (non-hydrogen) atoms. The Morgan fingerprint density at radius 3 is 2.35 bits per heavy atom. The Morgan fingerprint density at radius 2 is 1.95 bits per heavy atom. The number of carboxylic acid groups (broad SMARTS) is 1. The fraction of sp³-hybridized carbons (Fsp3) is 0.429. The van der Waals surface area contributed by atoms with E-state index in [1.807, 2.05) is 0 Å². The normalized spacial score (nSPS) is 11.1. The summed E-state index contributed by atoms with van der Waals surface area (Å²) in [4.78, 5) is 24.3. The van der Waals surface area contributed by atoms with E-state index < -0.39 is 29.8 Å². The predicted octanol–water partition coefficient (Wildman–Crippen LogP) is 2.16. The number of carbonyl (C=O) groups is 2. The van der Waals surface area contributed by atoms with Crippen LogP contribution in [0.5, 0.6) is 5.75 Å². The number of carboxylic acids is 1. The molecule has 0 aliphatic heterocycles. The molecule has 1 aromatic carbocycles. The highest BCUT2D eigenvalue weighted by Gasteiger charge is 2.30. The van der Waals surface area contributed by atoms with Gasteiger partial charge in [-0.2, -0.15) is 0 Å². The van der Waals surface area contributed by atoms with Crippen LogP contribution in [0.2, 0.25) is 0 Å². The molecule has 0 aromatic heterocycles. The summed E-state index contributed by atoms with van der Waals surface area (Å²) in [5.74, 6) is -2.27. The van der Waals surface area contributed by atoms with Crippen molar-refractivity contribution in [2.45, 2.75) is 26.3 Å². The molecule has 0 saturated carbocycles. The summed E-state index contributed by atoms with van der Waals surface area (Å²) in [5, 5.41) is 8.89. The van der Waals surface area contributed by atoms with Gasteiger partial charge in [0.1, 0.15) is 18.1 Å². The van der Waals surface area contributed by atoms with Crippen molar-refractivity contribution in [3.63, 3.8) is 0 Å². The van der Waals surface area contributed by atoms with E-state index in [0.29, 0.717) is 5.75 Å². The lowest BCUT2D eigenvalue weighted by atomic mass is 10.0. The van der Waals surface area contributed by atoms with Crippen LogP contribution in [0.25, 0.3) is 0 Å². The van der Waals surface area contributed by atoms with Crippen molar-refractivity contribution in [2.24, 2.45) is 0 Å². The third-order valence-corrected chi connectivity index (χ3v) is 2.75. The topological polar surface area (TPSA) is 66.8 Å². The minimum Gasteiger partial charge on any atom is -0.497 e. The van der Waals surface area contributed by atoms with Gasteiger partial charge < -0.3 is 14.7 Å². The van der Waals surface area contributed by atoms with Gasteiger partial charge >= 0.3 is 5.97 Å². The molecule has 1 rings (SSSR count). The van der Waals surface area contributed by atoms with E-state index >= 15 is 0 Å². The molecule has 0 unspecified atom stereocenters. The molecule has 1 N–H and O–H groups in total. The molecule has 0 radical (unpaired) electrons. The highest BCUT2D eigenvalue weighted by molar-refractivity contribution is 5.96. The number of hydrogen-bond donors (Lipinski definition) is 1. The van der Waals surface area contributed by atoms with Gasteiger partial charge in [-0.3, -0.25) is 9.59 Å². The first kappa shape index (κ1) is 15.9. The smallest absolute Gasteiger partial charge is 0.323 e. The lowest BCUT2D eigenvalue weighted by Crippen LogP contribution is -2.48. The number of hydrogen-bond acceptors (Lipinski definition) is 3. The number of carbonyl (C=O) groups excluding carboxylic acids is 1. The summed E-state index contributed by atoms with van der Waals surface area (Å²) in [5.41, 5.74) is -0.913. The molecular weight excluding hydrogens is 265 g/mol. The Balaban J connectivity index is 3.15. The molecule has 0 spiro atoms. The van der Waals surface area contributed by atoms with E-state index in [9.17, 15) is 14.0 Å². The van der Waals surface area contributed by atoms with Crippen molar-refractivity contribution < 1.29 is 23.8 Å². The van der Waals surface area contributed by atoms with E-state index in [4.69, 9.17) is 9.84 Å². The number of aliphatic carboxylic acids is 1. The number of amides is 1. The number of rotatable bonds is 4. The van der Waals surface area contributed by atoms with Crippen LogP contribution in [-0.2, 0) is 4.79 Å². The van der Waals surface area contributed by atoms with Crippen molar-refractivity contribution in [3.8, 4) is 5.75 Å². The van der Waals surface area contributed by atoms with Crippen LogP contribution in [0, 0.1) is 5.82 Å². The maximum atomic E-state index is 13.9. The molecule has 5 nitrogen and oxygen atoms in total. The first-order valence-electron chi connectivity index (χ1n) is 6.04. The zero-order chi connectivity index (χ0) is 15.5. The van der Waals surface area contributed by atoms with E-state index in [-0.39, 0.29) is 5.56 Å². The molecular formula is C14H18FNO4. The van der Waals surface area contributed by atoms with Gasteiger partial charge in [-0.25, -0.2) is 4.39 Å². The number of halogens is 1. The van der Waals surface area contributed by atoms with Crippen molar-refractivity contribution in [3.05, 3.63) is 29.6 Å². The first-order chi connectivity index (χ1) is 9.16. The highest BCUT2D eigenvalue weighted by atomic mass is 19.1. The third kappa shape index (κ3) is 3.69. The van der Waals surface area contributed by atoms with Crippen molar-refractivity contribution in [1.82, 2.24) is 4.90 Å². The van der Waals surface area contributed by atoms with Gasteiger partial charge in [0, 0.05) is 11.6 Å². The van der Waals surface area contributed by atoms with Gasteiger partial charge in [0.2, 0.25) is 0 Å². The van der Waals surface area contributed by atoms with E-state index in [1.165, 1.54) is 19.2 Å². The molecule has 6 heteroatoms. The van der Waals surface area contributed by atoms with E-state index in [1.54, 1.807) is 20.8 Å². The minimum atomic E-state index is -1.15. The SMILES string of the molecule is COc1ccc(C(=O)N(CC(=O)O)C(C)(C)C)c(F)c1. The minimum absolute atomic E-state index is 0.179. The molecule has 0 saturated heterocycles. The maximum Gasteiger partial charge on any atom is 0.323 e. The average molecular weight is 283 g/mol. The van der Waals surface area contributed by atoms with Gasteiger partial charge in [-0.15, -0.1) is 0 Å². The van der Waals surface area contributed by atoms with Gasteiger partial charge in [-0.05, 0) is 32.9 Å². The van der Waals surface area contributed by atoms with Crippen molar-refractivity contribution >= 4 is 11.9 Å². The van der Waals surface area contributed by atoms with Crippen molar-refractivity contribution in [2.75, 3.05) is 13.7 Å². The monoisotopic (exact) mass is 283 g/mol. The highest BCUT2D eigenvalue weighted by Crippen LogP contribution is 2.21. The van der Waals surface area contributed by atoms with Gasteiger partial charge in [-0.1, -0.05) is 0 Å². The number of methoxy groups -OCH3 is 1. The molecule has 0 fully saturated rings. The van der Waals surface area contributed by atoms with Crippen LogP contribution in [0.3, 0.4) is 0 Å². The largest absolute Gasteiger partial charge is 0.497 e. The second kappa shape index (κ2) is 5.90. The molecule has 0 bridgehead atoms. The maximum absolute atomic E-state index is 13.9. The molecule has 0 aliphatic rings. The molecule has 0 aliphatic carbocycles. The second-order valence-electron chi connectivity index (χ2n) is 5.30. The second-order valence-corrected chi connectivity index (χ2v) is 5.30. The van der Waals surface area contributed by atoms with Crippen LogP contribution in [-0.4, -0.2) is 41.1 Å². The first-order valence-corrected chi connectivity index (χ1v) is 6.04. The molecule has 1 amide bonds. The molecule has 110 valence electrons. The van der Waals surface area contributed by atoms with Gasteiger partial charge in [0.15, 0.2) is 0 Å². The third-order valence-electron chi connectivity index (χ3n) is 2.75. The van der Waals surface area contributed by atoms with Crippen LogP contribution in [0.4, 0.5) is 4.39 Å². The fourth-order valence-electron chi connectivity index (χ4n) is 1.69. The Hall–Kier alpha value is -2.11. The Bertz CT molecular complexity index is 522. The summed E-state index contributed by atoms with van der Waals surface area (Å²) in [6.07, 6.45) is 0. The lowest BCUT2D eigenvalue weighted by Gasteiger charge is -2.34. The Morgan fingerprint density at radius 1 is 1.35 bits per heavy atom. The van der Waals surface area contributed by atoms with Crippen molar-refractivity contribution in [1.29, 1.82) is 0 Å². The molecule has 0 atom stereocenters. The van der Waals surface area contributed by atoms with Crippen LogP contribution in [0.1, 0.15) is 31.1 Å². The zero-order valence-electron chi connectivity index (χ0n) is 11.9. The quantitative estimate of drug-likeness (QED) is 0.919. The van der Waals surface area contributed by atoms with Crippen LogP contribution >= 0.6 is 0 Å². The fourth-order valence-corrected chi connectivity index (χ4v) is 1.69. The summed E-state index contributed by atoms with van der Waals surface area (Å²) in [7, 11) is 1.39. The predicted molar refractivity (Wildman–Crippen MR) is 71.4 cm³/mol. The molecule has 0 heterocycles. The van der Waals surface area contributed by atoms with Crippen LogP contribution < -0.4 is 4.74 Å². The number of nitrogens with zero attached hydrogens (tertiary/aromatic N) is 1. The number of benzene rings is 1. The van der Waals surface area contributed by atoms with Gasteiger partial charge in [0.05, 0.1) is 12.7 Å². The van der Waals surface area contributed by atoms with Crippen LogP contribution in [0.15, 0.2) is 18.2 Å². The zero-order valence-corrected chi connectivity index (χ0v) is 11.9. The van der Waals surface area contributed by atoms with Gasteiger partial charge in [0.25, 0.3) is 5.91 Å². The van der Waals surface area contributed by atoms with E-state index in [2.05, 4.69) is 0 Å². The number of ether oxygens (including phenoxy) is 1.